The Labute approximate surface area is 114 Å². The van der Waals surface area contributed by atoms with Gasteiger partial charge < -0.3 is 15.4 Å². The lowest BCUT2D eigenvalue weighted by atomic mass is 10.00. The molecule has 2 rings (SSSR count). The fourth-order valence-corrected chi connectivity index (χ4v) is 2.51. The third kappa shape index (κ3) is 3.26. The van der Waals surface area contributed by atoms with Crippen LogP contribution in [0.2, 0.25) is 0 Å². The van der Waals surface area contributed by atoms with E-state index in [1.165, 1.54) is 0 Å². The third-order valence-electron chi connectivity index (χ3n) is 3.84. The fourth-order valence-electron chi connectivity index (χ4n) is 2.51. The molecule has 2 N–H and O–H groups in total. The second-order valence-corrected chi connectivity index (χ2v) is 5.14. The number of carbonyl (C=O) groups excluding carboxylic acids is 1. The first-order valence-corrected chi connectivity index (χ1v) is 6.79. The van der Waals surface area contributed by atoms with Crippen molar-refractivity contribution in [2.75, 3.05) is 13.7 Å². The van der Waals surface area contributed by atoms with Gasteiger partial charge in [-0.2, -0.15) is 0 Å². The maximum Gasteiger partial charge on any atom is 0.225 e. The molecule has 2 unspecified atom stereocenters. The van der Waals surface area contributed by atoms with E-state index in [4.69, 9.17) is 4.74 Å². The number of methoxy groups -OCH3 is 1. The molecule has 0 aliphatic carbocycles. The first-order valence-electron chi connectivity index (χ1n) is 6.79. The van der Waals surface area contributed by atoms with E-state index in [1.807, 2.05) is 31.2 Å². The highest BCUT2D eigenvalue weighted by Gasteiger charge is 2.29. The van der Waals surface area contributed by atoms with Gasteiger partial charge in [0.15, 0.2) is 0 Å². The largest absolute Gasteiger partial charge is 0.497 e. The van der Waals surface area contributed by atoms with Gasteiger partial charge in [0.2, 0.25) is 5.91 Å². The molecule has 0 saturated carbocycles. The van der Waals surface area contributed by atoms with Gasteiger partial charge in [-0.1, -0.05) is 12.1 Å². The van der Waals surface area contributed by atoms with Crippen molar-refractivity contribution in [3.63, 3.8) is 0 Å². The second-order valence-electron chi connectivity index (χ2n) is 5.14. The zero-order chi connectivity index (χ0) is 13.8. The monoisotopic (exact) mass is 262 g/mol. The van der Waals surface area contributed by atoms with E-state index < -0.39 is 0 Å². The Balaban J connectivity index is 1.95. The SMILES string of the molecule is COc1ccc([C@H](C)NC(=O)C2CCNC2C)cc1. The third-order valence-corrected chi connectivity index (χ3v) is 3.84. The van der Waals surface area contributed by atoms with Gasteiger partial charge in [-0.05, 0) is 44.5 Å². The zero-order valence-electron chi connectivity index (χ0n) is 11.8. The van der Waals surface area contributed by atoms with Gasteiger partial charge in [-0.3, -0.25) is 4.79 Å². The molecule has 0 aromatic heterocycles. The van der Waals surface area contributed by atoms with E-state index in [2.05, 4.69) is 17.6 Å². The van der Waals surface area contributed by atoms with Crippen LogP contribution >= 0.6 is 0 Å². The highest BCUT2D eigenvalue weighted by atomic mass is 16.5. The van der Waals surface area contributed by atoms with E-state index in [1.54, 1.807) is 7.11 Å². The fraction of sp³-hybridized carbons (Fsp3) is 0.533. The van der Waals surface area contributed by atoms with Gasteiger partial charge in [0.25, 0.3) is 0 Å². The van der Waals surface area contributed by atoms with Crippen LogP contribution in [0.5, 0.6) is 5.75 Å². The van der Waals surface area contributed by atoms with Crippen LogP contribution in [0.4, 0.5) is 0 Å². The van der Waals surface area contributed by atoms with E-state index >= 15 is 0 Å². The summed E-state index contributed by atoms with van der Waals surface area (Å²) in [6.45, 7) is 5.00. The summed E-state index contributed by atoms with van der Waals surface area (Å²) in [6, 6.07) is 8.09. The Morgan fingerprint density at radius 1 is 1.42 bits per heavy atom. The summed E-state index contributed by atoms with van der Waals surface area (Å²) in [5, 5.41) is 6.39. The van der Waals surface area contributed by atoms with Crippen LogP contribution in [0.15, 0.2) is 24.3 Å². The molecule has 1 aromatic carbocycles. The molecule has 1 fully saturated rings. The lowest BCUT2D eigenvalue weighted by molar-refractivity contribution is -0.125. The molecular formula is C15H22N2O2. The first-order chi connectivity index (χ1) is 9.11. The molecule has 4 nitrogen and oxygen atoms in total. The molecule has 104 valence electrons. The predicted octanol–water partition coefficient (Wildman–Crippen LogP) is 1.87. The molecule has 0 spiro atoms. The average molecular weight is 262 g/mol. The predicted molar refractivity (Wildman–Crippen MR) is 75.1 cm³/mol. The van der Waals surface area contributed by atoms with E-state index in [0.29, 0.717) is 0 Å². The number of benzene rings is 1. The maximum absolute atomic E-state index is 12.2. The summed E-state index contributed by atoms with van der Waals surface area (Å²) in [6.07, 6.45) is 0.919. The number of carbonyl (C=O) groups is 1. The molecule has 19 heavy (non-hydrogen) atoms. The second kappa shape index (κ2) is 6.06. The Morgan fingerprint density at radius 2 is 2.11 bits per heavy atom. The van der Waals surface area contributed by atoms with Crippen LogP contribution in [0.1, 0.15) is 31.9 Å². The molecule has 1 aliphatic heterocycles. The topological polar surface area (TPSA) is 50.4 Å². The summed E-state index contributed by atoms with van der Waals surface area (Å²) in [5.41, 5.74) is 1.09. The zero-order valence-corrected chi connectivity index (χ0v) is 11.8. The Hall–Kier alpha value is -1.55. The summed E-state index contributed by atoms with van der Waals surface area (Å²) in [5.74, 6) is 1.05. The number of amides is 1. The molecule has 0 radical (unpaired) electrons. The van der Waals surface area contributed by atoms with Gasteiger partial charge in [0, 0.05) is 6.04 Å². The van der Waals surface area contributed by atoms with Crippen molar-refractivity contribution in [2.24, 2.45) is 5.92 Å². The van der Waals surface area contributed by atoms with Gasteiger partial charge in [0.05, 0.1) is 19.1 Å². The van der Waals surface area contributed by atoms with Crippen molar-refractivity contribution < 1.29 is 9.53 Å². The highest BCUT2D eigenvalue weighted by molar-refractivity contribution is 5.80. The molecule has 4 heteroatoms. The smallest absolute Gasteiger partial charge is 0.225 e. The highest BCUT2D eigenvalue weighted by Crippen LogP contribution is 2.20. The van der Waals surface area contributed by atoms with E-state index in [9.17, 15) is 4.79 Å². The Kier molecular flexibility index (Phi) is 4.43. The van der Waals surface area contributed by atoms with Crippen molar-refractivity contribution in [3.05, 3.63) is 29.8 Å². The molecule has 1 amide bonds. The summed E-state index contributed by atoms with van der Waals surface area (Å²) >= 11 is 0. The first kappa shape index (κ1) is 13.9. The van der Waals surface area contributed by atoms with Crippen molar-refractivity contribution in [2.45, 2.75) is 32.4 Å². The minimum Gasteiger partial charge on any atom is -0.497 e. The van der Waals surface area contributed by atoms with E-state index in [0.717, 1.165) is 24.3 Å². The van der Waals surface area contributed by atoms with Crippen LogP contribution in [0.25, 0.3) is 0 Å². The maximum atomic E-state index is 12.2. The van der Waals surface area contributed by atoms with Gasteiger partial charge >= 0.3 is 0 Å². The van der Waals surface area contributed by atoms with Crippen LogP contribution < -0.4 is 15.4 Å². The normalized spacial score (nSPS) is 23.9. The standard InChI is InChI=1S/C15H22N2O2/c1-10(12-4-6-13(19-3)7-5-12)17-15(18)14-8-9-16-11(14)2/h4-7,10-11,14,16H,8-9H2,1-3H3,(H,17,18)/t10-,11?,14?/m0/s1. The van der Waals surface area contributed by atoms with Crippen molar-refractivity contribution in [1.29, 1.82) is 0 Å². The lowest BCUT2D eigenvalue weighted by Crippen LogP contribution is -2.37. The number of hydrogen-bond donors (Lipinski definition) is 2. The summed E-state index contributed by atoms with van der Waals surface area (Å²) < 4.78 is 5.13. The number of hydrogen-bond acceptors (Lipinski definition) is 3. The van der Waals surface area contributed by atoms with Gasteiger partial charge in [0.1, 0.15) is 5.75 Å². The molecule has 1 heterocycles. The van der Waals surface area contributed by atoms with Crippen LogP contribution in [0.3, 0.4) is 0 Å². The van der Waals surface area contributed by atoms with Crippen molar-refractivity contribution in [1.82, 2.24) is 10.6 Å². The van der Waals surface area contributed by atoms with E-state index in [-0.39, 0.29) is 23.9 Å². The Morgan fingerprint density at radius 3 is 2.63 bits per heavy atom. The van der Waals surface area contributed by atoms with Crippen LogP contribution in [0, 0.1) is 5.92 Å². The lowest BCUT2D eigenvalue weighted by Gasteiger charge is -2.19. The van der Waals surface area contributed by atoms with Crippen molar-refractivity contribution in [3.8, 4) is 5.75 Å². The van der Waals surface area contributed by atoms with Gasteiger partial charge in [-0.25, -0.2) is 0 Å². The minimum absolute atomic E-state index is 0.0196. The van der Waals surface area contributed by atoms with Crippen molar-refractivity contribution >= 4 is 5.91 Å². The molecule has 0 bridgehead atoms. The number of nitrogens with one attached hydrogen (secondary N) is 2. The Bertz CT molecular complexity index is 430. The van der Waals surface area contributed by atoms with Crippen LogP contribution in [-0.4, -0.2) is 25.6 Å². The molecule has 1 saturated heterocycles. The van der Waals surface area contributed by atoms with Crippen LogP contribution in [-0.2, 0) is 4.79 Å². The molecular weight excluding hydrogens is 240 g/mol. The minimum atomic E-state index is 0.0196. The number of ether oxygens (including phenoxy) is 1. The van der Waals surface area contributed by atoms with Gasteiger partial charge in [-0.15, -0.1) is 0 Å². The average Bonchev–Trinajstić information content (AvgIpc) is 2.85. The summed E-state index contributed by atoms with van der Waals surface area (Å²) in [4.78, 5) is 12.2. The molecule has 1 aliphatic rings. The molecule has 3 atom stereocenters. The molecule has 1 aromatic rings. The quantitative estimate of drug-likeness (QED) is 0.871. The summed E-state index contributed by atoms with van der Waals surface area (Å²) in [7, 11) is 1.65. The number of rotatable bonds is 4.